The van der Waals surface area contributed by atoms with Crippen molar-refractivity contribution in [2.45, 2.75) is 48.0 Å². The maximum Gasteiger partial charge on any atom is 2.00 e. The number of rotatable bonds is 0. The molecule has 0 saturated carbocycles. The van der Waals surface area contributed by atoms with Crippen LogP contribution in [0.5, 0.6) is 0 Å². The first-order chi connectivity index (χ1) is 6.60. The number of hydrogen-bond donors (Lipinski definition) is 0. The average molecular weight is 374 g/mol. The second kappa shape index (κ2) is 7.02. The quantitative estimate of drug-likeness (QED) is 0.449. The van der Waals surface area contributed by atoms with Crippen LogP contribution in [0.2, 0.25) is 0 Å². The second-order valence-electron chi connectivity index (χ2n) is 6.39. The van der Waals surface area contributed by atoms with Gasteiger partial charge in [0.15, 0.2) is 0 Å². The fraction of sp³-hybridized carbons (Fsp3) is 0.643. The molecule has 17 heavy (non-hydrogen) atoms. The average Bonchev–Trinajstić information content (AvgIpc) is 1.99. The van der Waals surface area contributed by atoms with E-state index in [1.165, 1.54) is 16.0 Å². The minimum Gasteiger partial charge on any atom is -1.00 e. The normalized spacial score (nSPS) is 16.5. The van der Waals surface area contributed by atoms with Gasteiger partial charge >= 0.3 is 23.1 Å². The molecule has 0 saturated heterocycles. The van der Waals surface area contributed by atoms with Crippen LogP contribution in [0, 0.1) is 15.7 Å². The Hall–Kier alpha value is 1.08. The number of hydrogen-bond acceptors (Lipinski definition) is 0. The van der Waals surface area contributed by atoms with Gasteiger partial charge in [0, 0.05) is 0 Å². The minimum atomic E-state index is 0. The van der Waals surface area contributed by atoms with Crippen LogP contribution in [0.25, 0.3) is 0 Å². The van der Waals surface area contributed by atoms with E-state index >= 15 is 0 Å². The summed E-state index contributed by atoms with van der Waals surface area (Å²) < 4.78 is 0. The fourth-order valence-electron chi connectivity index (χ4n) is 1.60. The third-order valence-electron chi connectivity index (χ3n) is 2.83. The van der Waals surface area contributed by atoms with Gasteiger partial charge in [0.25, 0.3) is 0 Å². The molecule has 94 valence electrons. The zero-order valence-corrected chi connectivity index (χ0v) is 16.4. The maximum absolute atomic E-state index is 3.65. The summed E-state index contributed by atoms with van der Waals surface area (Å²) in [5, 5.41) is 0. The third kappa shape index (κ3) is 6.17. The molecule has 0 amide bonds. The van der Waals surface area contributed by atoms with Gasteiger partial charge in [-0.15, -0.1) is 10.9 Å². The Morgan fingerprint density at radius 2 is 1.53 bits per heavy atom. The van der Waals surface area contributed by atoms with Gasteiger partial charge in [0.05, 0.1) is 0 Å². The summed E-state index contributed by atoms with van der Waals surface area (Å²) in [5.41, 5.74) is 3.44. The fourth-order valence-corrected chi connectivity index (χ4v) is 2.15. The maximum atomic E-state index is 3.65. The first kappa shape index (κ1) is 20.4. The molecule has 0 bridgehead atoms. The standard InChI is InChI=1S/C14H22Br.BrH.Mg/c1-13(2,3)10-7-11(14(4,5)6)9-12(15)8-10;;/h7-8H,9H2,1-6H3;1H;/q-1;;+2/p-1. The Morgan fingerprint density at radius 1 is 1.06 bits per heavy atom. The van der Waals surface area contributed by atoms with E-state index in [9.17, 15) is 0 Å². The van der Waals surface area contributed by atoms with E-state index in [0.717, 1.165) is 6.42 Å². The molecule has 0 spiro atoms. The molecule has 0 fully saturated rings. The van der Waals surface area contributed by atoms with Crippen LogP contribution >= 0.6 is 15.9 Å². The van der Waals surface area contributed by atoms with E-state index in [1.807, 2.05) is 0 Å². The molecular weight excluding hydrogens is 352 g/mol. The van der Waals surface area contributed by atoms with Crippen molar-refractivity contribution < 1.29 is 17.0 Å². The summed E-state index contributed by atoms with van der Waals surface area (Å²) in [4.78, 5) is 1.31. The van der Waals surface area contributed by atoms with Gasteiger partial charge in [0.1, 0.15) is 0 Å². The SMILES string of the molecule is CC(C)(C)C1=C[C-](Br)CC(C(C)(C)C)=C1.[Br-].[Mg+2]. The molecule has 0 atom stereocenters. The van der Waals surface area contributed by atoms with Gasteiger partial charge in [-0.05, 0) is 5.41 Å². The molecule has 0 aromatic rings. The molecule has 0 unspecified atom stereocenters. The van der Waals surface area contributed by atoms with Crippen LogP contribution in [-0.4, -0.2) is 23.1 Å². The van der Waals surface area contributed by atoms with E-state index in [-0.39, 0.29) is 50.9 Å². The Kier molecular flexibility index (Phi) is 8.42. The first-order valence-electron chi connectivity index (χ1n) is 5.55. The predicted molar refractivity (Wildman–Crippen MR) is 77.6 cm³/mol. The predicted octanol–water partition coefficient (Wildman–Crippen LogP) is 1.89. The van der Waals surface area contributed by atoms with Crippen LogP contribution in [0.4, 0.5) is 0 Å². The Labute approximate surface area is 142 Å². The van der Waals surface area contributed by atoms with Crippen LogP contribution in [0.3, 0.4) is 0 Å². The Bertz CT molecular complexity index is 303. The summed E-state index contributed by atoms with van der Waals surface area (Å²) in [6.07, 6.45) is 5.71. The van der Waals surface area contributed by atoms with Gasteiger partial charge in [-0.1, -0.05) is 59.0 Å². The number of halogens is 2. The van der Waals surface area contributed by atoms with Crippen LogP contribution in [0.1, 0.15) is 48.0 Å². The molecular formula is C14H22Br2Mg. The zero-order valence-electron chi connectivity index (χ0n) is 11.8. The van der Waals surface area contributed by atoms with Gasteiger partial charge in [-0.2, -0.15) is 21.5 Å². The second-order valence-corrected chi connectivity index (χ2v) is 7.41. The van der Waals surface area contributed by atoms with Crippen LogP contribution in [0.15, 0.2) is 23.3 Å². The molecule has 0 heterocycles. The van der Waals surface area contributed by atoms with Gasteiger partial charge in [0.2, 0.25) is 0 Å². The van der Waals surface area contributed by atoms with Crippen molar-refractivity contribution in [3.05, 3.63) is 28.1 Å². The van der Waals surface area contributed by atoms with E-state index in [0.29, 0.717) is 0 Å². The van der Waals surface area contributed by atoms with Crippen molar-refractivity contribution in [1.82, 2.24) is 0 Å². The molecule has 0 aromatic heterocycles. The van der Waals surface area contributed by atoms with E-state index in [2.05, 4.69) is 69.6 Å². The topological polar surface area (TPSA) is 0 Å². The molecule has 0 aliphatic heterocycles. The molecule has 1 rings (SSSR count). The largest absolute Gasteiger partial charge is 2.00 e. The van der Waals surface area contributed by atoms with Crippen molar-refractivity contribution in [2.24, 2.45) is 10.8 Å². The molecule has 1 aliphatic rings. The Balaban J connectivity index is 0. The molecule has 0 N–H and O–H groups in total. The van der Waals surface area contributed by atoms with Crippen LogP contribution in [-0.2, 0) is 0 Å². The van der Waals surface area contributed by atoms with Crippen molar-refractivity contribution >= 4 is 39.0 Å². The molecule has 0 radical (unpaired) electrons. The monoisotopic (exact) mass is 372 g/mol. The van der Waals surface area contributed by atoms with Crippen molar-refractivity contribution in [2.75, 3.05) is 0 Å². The molecule has 0 nitrogen and oxygen atoms in total. The summed E-state index contributed by atoms with van der Waals surface area (Å²) in [6.45, 7) is 13.6. The van der Waals surface area contributed by atoms with E-state index in [1.54, 1.807) is 0 Å². The molecule has 3 heteroatoms. The summed E-state index contributed by atoms with van der Waals surface area (Å²) in [5.74, 6) is 0. The van der Waals surface area contributed by atoms with Gasteiger partial charge < -0.3 is 17.0 Å². The van der Waals surface area contributed by atoms with Gasteiger partial charge in [-0.3, -0.25) is 0 Å². The zero-order chi connectivity index (χ0) is 11.9. The van der Waals surface area contributed by atoms with E-state index in [4.69, 9.17) is 0 Å². The molecule has 1 aliphatic carbocycles. The van der Waals surface area contributed by atoms with Crippen molar-refractivity contribution in [1.29, 1.82) is 0 Å². The minimum absolute atomic E-state index is 0. The van der Waals surface area contributed by atoms with Crippen molar-refractivity contribution in [3.63, 3.8) is 0 Å². The van der Waals surface area contributed by atoms with Crippen LogP contribution < -0.4 is 17.0 Å². The van der Waals surface area contributed by atoms with Crippen molar-refractivity contribution in [3.8, 4) is 0 Å². The first-order valence-corrected chi connectivity index (χ1v) is 6.34. The van der Waals surface area contributed by atoms with Gasteiger partial charge in [-0.25, -0.2) is 6.08 Å². The summed E-state index contributed by atoms with van der Waals surface area (Å²) in [6, 6.07) is 0. The van der Waals surface area contributed by atoms with E-state index < -0.39 is 0 Å². The number of allylic oxidation sites excluding steroid dienone is 4. The molecule has 0 aromatic carbocycles. The summed E-state index contributed by atoms with van der Waals surface area (Å²) >= 11 is 3.65. The Morgan fingerprint density at radius 3 is 1.88 bits per heavy atom. The smallest absolute Gasteiger partial charge is 1.00 e. The third-order valence-corrected chi connectivity index (χ3v) is 3.34. The summed E-state index contributed by atoms with van der Waals surface area (Å²) in [7, 11) is 0.